The maximum Gasteiger partial charge on any atom is 0.260 e. The molecule has 0 aromatic heterocycles. The third kappa shape index (κ3) is 3.27. The first-order chi connectivity index (χ1) is 7.56. The smallest absolute Gasteiger partial charge is 0.260 e. The molecule has 0 saturated heterocycles. The van der Waals surface area contributed by atoms with Crippen LogP contribution in [-0.2, 0) is 4.79 Å². The van der Waals surface area contributed by atoms with Crippen LogP contribution in [0.5, 0.6) is 0 Å². The Morgan fingerprint density at radius 3 is 2.88 bits per heavy atom. The second-order valence-electron chi connectivity index (χ2n) is 3.87. The van der Waals surface area contributed by atoms with E-state index in [0.29, 0.717) is 5.84 Å². The third-order valence-corrected chi connectivity index (χ3v) is 3.78. The molecule has 0 bridgehead atoms. The molecule has 0 fully saturated rings. The predicted molar refractivity (Wildman–Crippen MR) is 68.8 cm³/mol. The number of rotatable bonds is 5. The van der Waals surface area contributed by atoms with Crippen LogP contribution < -0.4 is 5.32 Å². The summed E-state index contributed by atoms with van der Waals surface area (Å²) in [6, 6.07) is 0.214. The zero-order chi connectivity index (χ0) is 12.1. The van der Waals surface area contributed by atoms with Gasteiger partial charge < -0.3 is 10.2 Å². The summed E-state index contributed by atoms with van der Waals surface area (Å²) in [5.41, 5.74) is 0. The van der Waals surface area contributed by atoms with Crippen molar-refractivity contribution in [2.24, 2.45) is 0 Å². The van der Waals surface area contributed by atoms with Gasteiger partial charge in [0.2, 0.25) is 0 Å². The Hall–Kier alpha value is -0.970. The van der Waals surface area contributed by atoms with Crippen LogP contribution in [0.4, 0.5) is 0 Å². The number of amides is 1. The fourth-order valence-corrected chi connectivity index (χ4v) is 2.50. The van der Waals surface area contributed by atoms with Gasteiger partial charge in [0.15, 0.2) is 0 Å². The summed E-state index contributed by atoms with van der Waals surface area (Å²) in [6.07, 6.45) is 3.68. The Morgan fingerprint density at radius 1 is 1.69 bits per heavy atom. The molecule has 0 saturated carbocycles. The summed E-state index contributed by atoms with van der Waals surface area (Å²) < 4.78 is 0. The normalized spacial score (nSPS) is 19.9. The van der Waals surface area contributed by atoms with Crippen LogP contribution in [-0.4, -0.2) is 42.5 Å². The molecule has 16 heavy (non-hydrogen) atoms. The fraction of sp³-hybridized carbons (Fsp3) is 0.636. The zero-order valence-electron chi connectivity index (χ0n) is 10.0. The number of carbonyl (C=O) groups excluding carboxylic acids is 1. The lowest BCUT2D eigenvalue weighted by molar-refractivity contribution is -0.124. The SMILES string of the molecule is CNC(=N)CCCSC1=CC(C)N(C)C1=O. The molecule has 0 radical (unpaired) electrons. The molecule has 1 heterocycles. The number of nitrogens with zero attached hydrogens (tertiary/aromatic N) is 1. The van der Waals surface area contributed by atoms with Gasteiger partial charge in [-0.15, -0.1) is 11.8 Å². The highest BCUT2D eigenvalue weighted by molar-refractivity contribution is 8.04. The quantitative estimate of drug-likeness (QED) is 0.435. The molecule has 1 amide bonds. The van der Waals surface area contributed by atoms with Crippen molar-refractivity contribution in [2.75, 3.05) is 19.8 Å². The minimum Gasteiger partial charge on any atom is -0.377 e. The highest BCUT2D eigenvalue weighted by Gasteiger charge is 2.25. The molecule has 0 aromatic rings. The Kier molecular flexibility index (Phi) is 4.86. The zero-order valence-corrected chi connectivity index (χ0v) is 10.9. The van der Waals surface area contributed by atoms with Gasteiger partial charge >= 0.3 is 0 Å². The highest BCUT2D eigenvalue weighted by atomic mass is 32.2. The van der Waals surface area contributed by atoms with E-state index in [0.717, 1.165) is 23.5 Å². The molecule has 1 rings (SSSR count). The van der Waals surface area contributed by atoms with Crippen molar-refractivity contribution >= 4 is 23.5 Å². The number of amidine groups is 1. The summed E-state index contributed by atoms with van der Waals surface area (Å²) in [5, 5.41) is 10.2. The van der Waals surface area contributed by atoms with Gasteiger partial charge in [-0.2, -0.15) is 0 Å². The number of likely N-dealkylation sites (N-methyl/N-ethyl adjacent to an activating group) is 1. The van der Waals surface area contributed by atoms with Gasteiger partial charge in [-0.05, 0) is 25.2 Å². The van der Waals surface area contributed by atoms with E-state index in [4.69, 9.17) is 5.41 Å². The molecule has 1 unspecified atom stereocenters. The molecule has 1 aliphatic rings. The number of carbonyl (C=O) groups is 1. The summed E-state index contributed by atoms with van der Waals surface area (Å²) in [5.74, 6) is 1.57. The summed E-state index contributed by atoms with van der Waals surface area (Å²) in [7, 11) is 3.59. The summed E-state index contributed by atoms with van der Waals surface area (Å²) in [6.45, 7) is 2.02. The van der Waals surface area contributed by atoms with Crippen LogP contribution in [0.1, 0.15) is 19.8 Å². The minimum atomic E-state index is 0.126. The second-order valence-corrected chi connectivity index (χ2v) is 5.00. The van der Waals surface area contributed by atoms with Gasteiger partial charge in [-0.1, -0.05) is 0 Å². The van der Waals surface area contributed by atoms with E-state index >= 15 is 0 Å². The molecule has 1 aliphatic heterocycles. The number of thioether (sulfide) groups is 1. The van der Waals surface area contributed by atoms with Crippen molar-refractivity contribution in [1.29, 1.82) is 5.41 Å². The average Bonchev–Trinajstić information content (AvgIpc) is 2.52. The van der Waals surface area contributed by atoms with Crippen LogP contribution in [0.3, 0.4) is 0 Å². The topological polar surface area (TPSA) is 56.2 Å². The van der Waals surface area contributed by atoms with Crippen LogP contribution in [0.25, 0.3) is 0 Å². The van der Waals surface area contributed by atoms with Crippen molar-refractivity contribution in [3.8, 4) is 0 Å². The molecule has 4 nitrogen and oxygen atoms in total. The van der Waals surface area contributed by atoms with E-state index in [1.54, 1.807) is 23.7 Å². The molecular weight excluding hydrogens is 222 g/mol. The average molecular weight is 241 g/mol. The van der Waals surface area contributed by atoms with E-state index in [1.165, 1.54) is 0 Å². The lowest BCUT2D eigenvalue weighted by atomic mass is 10.3. The second kappa shape index (κ2) is 5.94. The number of nitrogens with one attached hydrogen (secondary N) is 2. The molecular formula is C11H19N3OS. The number of hydrogen-bond acceptors (Lipinski definition) is 3. The van der Waals surface area contributed by atoms with E-state index in [1.807, 2.05) is 20.0 Å². The van der Waals surface area contributed by atoms with Crippen LogP contribution >= 0.6 is 11.8 Å². The van der Waals surface area contributed by atoms with Gasteiger partial charge in [0.05, 0.1) is 10.7 Å². The van der Waals surface area contributed by atoms with Gasteiger partial charge in [-0.25, -0.2) is 0 Å². The van der Waals surface area contributed by atoms with Gasteiger partial charge in [0, 0.05) is 26.6 Å². The first-order valence-electron chi connectivity index (χ1n) is 5.43. The summed E-state index contributed by atoms with van der Waals surface area (Å²) >= 11 is 1.60. The largest absolute Gasteiger partial charge is 0.377 e. The fourth-order valence-electron chi connectivity index (χ4n) is 1.43. The first kappa shape index (κ1) is 13.1. The van der Waals surface area contributed by atoms with Crippen molar-refractivity contribution in [1.82, 2.24) is 10.2 Å². The Morgan fingerprint density at radius 2 is 2.38 bits per heavy atom. The molecule has 2 N–H and O–H groups in total. The molecule has 0 aromatic carbocycles. The predicted octanol–water partition coefficient (Wildman–Crippen LogP) is 1.44. The van der Waals surface area contributed by atoms with E-state index in [9.17, 15) is 4.79 Å². The van der Waals surface area contributed by atoms with Gasteiger partial charge in [0.1, 0.15) is 0 Å². The van der Waals surface area contributed by atoms with Crippen LogP contribution in [0.15, 0.2) is 11.0 Å². The maximum atomic E-state index is 11.7. The lowest BCUT2D eigenvalue weighted by Gasteiger charge is -2.14. The Bertz CT molecular complexity index is 314. The number of hydrogen-bond donors (Lipinski definition) is 2. The standard InChI is InChI=1S/C11H19N3OS/c1-8-7-9(11(15)14(8)3)16-6-4-5-10(12)13-2/h7-8H,4-6H2,1-3H3,(H2,12,13). The van der Waals surface area contributed by atoms with Gasteiger partial charge in [-0.3, -0.25) is 10.2 Å². The van der Waals surface area contributed by atoms with E-state index in [2.05, 4.69) is 5.32 Å². The minimum absolute atomic E-state index is 0.126. The van der Waals surface area contributed by atoms with Crippen LogP contribution in [0.2, 0.25) is 0 Å². The molecule has 1 atom stereocenters. The Labute approximate surface area is 101 Å². The van der Waals surface area contributed by atoms with Crippen LogP contribution in [0, 0.1) is 5.41 Å². The first-order valence-corrected chi connectivity index (χ1v) is 6.41. The highest BCUT2D eigenvalue weighted by Crippen LogP contribution is 2.26. The Balaban J connectivity index is 2.26. The molecule has 0 spiro atoms. The van der Waals surface area contributed by atoms with Gasteiger partial charge in [0.25, 0.3) is 5.91 Å². The van der Waals surface area contributed by atoms with E-state index < -0.39 is 0 Å². The van der Waals surface area contributed by atoms with Crippen molar-refractivity contribution in [3.05, 3.63) is 11.0 Å². The van der Waals surface area contributed by atoms with Crippen molar-refractivity contribution < 1.29 is 4.79 Å². The van der Waals surface area contributed by atoms with Crippen molar-refractivity contribution in [3.63, 3.8) is 0 Å². The monoisotopic (exact) mass is 241 g/mol. The lowest BCUT2D eigenvalue weighted by Crippen LogP contribution is -2.27. The van der Waals surface area contributed by atoms with E-state index in [-0.39, 0.29) is 11.9 Å². The maximum absolute atomic E-state index is 11.7. The molecule has 5 heteroatoms. The molecule has 90 valence electrons. The third-order valence-electron chi connectivity index (χ3n) is 2.67. The van der Waals surface area contributed by atoms with Crippen molar-refractivity contribution in [2.45, 2.75) is 25.8 Å². The summed E-state index contributed by atoms with van der Waals surface area (Å²) in [4.78, 5) is 14.3. The molecule has 0 aliphatic carbocycles.